The van der Waals surface area contributed by atoms with Crippen LogP contribution in [0.3, 0.4) is 0 Å². The highest BCUT2D eigenvalue weighted by Crippen LogP contribution is 2.30. The van der Waals surface area contributed by atoms with Crippen molar-refractivity contribution in [2.24, 2.45) is 0 Å². The van der Waals surface area contributed by atoms with Gasteiger partial charge in [-0.15, -0.1) is 0 Å². The van der Waals surface area contributed by atoms with E-state index in [0.29, 0.717) is 5.69 Å². The number of hydrogen-bond acceptors (Lipinski definition) is 4. The van der Waals surface area contributed by atoms with Crippen LogP contribution in [0.15, 0.2) is 59.4 Å². The monoisotopic (exact) mass is 430 g/mol. The first-order valence-electron chi connectivity index (χ1n) is 9.39. The van der Waals surface area contributed by atoms with Gasteiger partial charge in [0.1, 0.15) is 0 Å². The predicted octanol–water partition coefficient (Wildman–Crippen LogP) is 3.56. The fourth-order valence-corrected chi connectivity index (χ4v) is 2.99. The summed E-state index contributed by atoms with van der Waals surface area (Å²) in [6.45, 7) is 1.70. The van der Waals surface area contributed by atoms with Gasteiger partial charge in [-0.25, -0.2) is 4.68 Å². The molecule has 0 fully saturated rings. The average molecular weight is 430 g/mol. The number of nitrogens with zero attached hydrogens (tertiary/aromatic N) is 3. The molecule has 162 valence electrons. The third-order valence-corrected chi connectivity index (χ3v) is 4.62. The van der Waals surface area contributed by atoms with E-state index in [1.807, 2.05) is 43.3 Å². The lowest BCUT2D eigenvalue weighted by Crippen LogP contribution is -2.31. The van der Waals surface area contributed by atoms with Crippen molar-refractivity contribution in [2.45, 2.75) is 19.6 Å². The van der Waals surface area contributed by atoms with Crippen molar-refractivity contribution in [1.29, 1.82) is 0 Å². The van der Waals surface area contributed by atoms with Crippen LogP contribution in [0.4, 0.5) is 18.9 Å². The van der Waals surface area contributed by atoms with Crippen LogP contribution in [0.1, 0.15) is 27.3 Å². The van der Waals surface area contributed by atoms with E-state index in [0.717, 1.165) is 28.1 Å². The van der Waals surface area contributed by atoms with Gasteiger partial charge in [-0.2, -0.15) is 18.3 Å². The number of rotatable bonds is 5. The second kappa shape index (κ2) is 8.63. The molecule has 3 rings (SSSR count). The molecule has 0 atom stereocenters. The van der Waals surface area contributed by atoms with Crippen LogP contribution in [0, 0.1) is 6.92 Å². The summed E-state index contributed by atoms with van der Waals surface area (Å²) in [5.41, 5.74) is 0.320. The standard InChI is InChI=1S/C22H21F3N4O2/c1-14-10-19(30)20(21(31)26-13-15-6-4-8-17(11-15)28(2)3)27-29(14)18-9-5-7-16(12-18)22(23,24)25/h4-12H,13H2,1-3H3,(H,26,31). The molecule has 0 saturated heterocycles. The Hall–Kier alpha value is -3.62. The molecule has 0 spiro atoms. The van der Waals surface area contributed by atoms with Gasteiger partial charge in [-0.05, 0) is 42.8 Å². The Bertz CT molecular complexity index is 1170. The van der Waals surface area contributed by atoms with Crippen molar-refractivity contribution >= 4 is 11.6 Å². The number of benzene rings is 2. The van der Waals surface area contributed by atoms with Crippen LogP contribution in [0.25, 0.3) is 5.69 Å². The Morgan fingerprint density at radius 1 is 1.10 bits per heavy atom. The highest BCUT2D eigenvalue weighted by Gasteiger charge is 2.30. The summed E-state index contributed by atoms with van der Waals surface area (Å²) in [4.78, 5) is 26.8. The van der Waals surface area contributed by atoms with Gasteiger partial charge in [-0.1, -0.05) is 18.2 Å². The zero-order chi connectivity index (χ0) is 22.8. The van der Waals surface area contributed by atoms with Crippen molar-refractivity contribution in [1.82, 2.24) is 15.1 Å². The first kappa shape index (κ1) is 22.1. The van der Waals surface area contributed by atoms with E-state index in [1.165, 1.54) is 25.1 Å². The molecule has 3 aromatic rings. The molecule has 1 heterocycles. The van der Waals surface area contributed by atoms with Gasteiger partial charge in [-0.3, -0.25) is 9.59 Å². The van der Waals surface area contributed by atoms with E-state index in [9.17, 15) is 22.8 Å². The number of carbonyl (C=O) groups excluding carboxylic acids is 1. The van der Waals surface area contributed by atoms with E-state index in [2.05, 4.69) is 10.4 Å². The molecule has 1 aromatic heterocycles. The van der Waals surface area contributed by atoms with Crippen LogP contribution < -0.4 is 15.6 Å². The maximum atomic E-state index is 13.0. The number of nitrogens with one attached hydrogen (secondary N) is 1. The normalized spacial score (nSPS) is 11.3. The Morgan fingerprint density at radius 2 is 1.81 bits per heavy atom. The fraction of sp³-hybridized carbons (Fsp3) is 0.227. The third kappa shape index (κ3) is 5.11. The van der Waals surface area contributed by atoms with Crippen LogP contribution in [0.2, 0.25) is 0 Å². The molecule has 2 aromatic carbocycles. The lowest BCUT2D eigenvalue weighted by molar-refractivity contribution is -0.137. The van der Waals surface area contributed by atoms with E-state index < -0.39 is 28.8 Å². The number of alkyl halides is 3. The van der Waals surface area contributed by atoms with Gasteiger partial charge in [0.15, 0.2) is 5.69 Å². The molecule has 0 aliphatic carbocycles. The molecule has 0 aliphatic rings. The average Bonchev–Trinajstić information content (AvgIpc) is 2.72. The minimum absolute atomic E-state index is 0.0973. The van der Waals surface area contributed by atoms with Crippen molar-refractivity contribution < 1.29 is 18.0 Å². The van der Waals surface area contributed by atoms with Crippen LogP contribution >= 0.6 is 0 Å². The topological polar surface area (TPSA) is 67.2 Å². The van der Waals surface area contributed by atoms with Gasteiger partial charge < -0.3 is 10.2 Å². The first-order valence-corrected chi connectivity index (χ1v) is 9.39. The minimum atomic E-state index is -4.52. The summed E-state index contributed by atoms with van der Waals surface area (Å²) in [5.74, 6) is -0.707. The summed E-state index contributed by atoms with van der Waals surface area (Å²) in [6, 6.07) is 13.2. The summed E-state index contributed by atoms with van der Waals surface area (Å²) in [7, 11) is 3.79. The third-order valence-electron chi connectivity index (χ3n) is 4.62. The molecule has 0 radical (unpaired) electrons. The summed E-state index contributed by atoms with van der Waals surface area (Å²) in [5, 5.41) is 6.68. The number of anilines is 1. The number of carbonyl (C=O) groups is 1. The van der Waals surface area contributed by atoms with Crippen LogP contribution in [0.5, 0.6) is 0 Å². The maximum absolute atomic E-state index is 13.0. The van der Waals surface area contributed by atoms with Gasteiger partial charge in [0, 0.05) is 38.1 Å². The Labute approximate surface area is 176 Å². The van der Waals surface area contributed by atoms with Crippen molar-refractivity contribution in [2.75, 3.05) is 19.0 Å². The highest BCUT2D eigenvalue weighted by atomic mass is 19.4. The number of amides is 1. The van der Waals surface area contributed by atoms with E-state index in [-0.39, 0.29) is 12.2 Å². The smallest absolute Gasteiger partial charge is 0.378 e. The van der Waals surface area contributed by atoms with Crippen molar-refractivity contribution in [3.63, 3.8) is 0 Å². The van der Waals surface area contributed by atoms with Gasteiger partial charge in [0.2, 0.25) is 5.43 Å². The van der Waals surface area contributed by atoms with E-state index in [4.69, 9.17) is 0 Å². The lowest BCUT2D eigenvalue weighted by atomic mass is 10.2. The van der Waals surface area contributed by atoms with E-state index in [1.54, 1.807) is 0 Å². The number of aromatic nitrogens is 2. The molecule has 1 N–H and O–H groups in total. The molecule has 0 saturated carbocycles. The predicted molar refractivity (Wildman–Crippen MR) is 112 cm³/mol. The molecule has 0 unspecified atom stereocenters. The van der Waals surface area contributed by atoms with E-state index >= 15 is 0 Å². The molecule has 0 bridgehead atoms. The van der Waals surface area contributed by atoms with Gasteiger partial charge in [0.05, 0.1) is 11.3 Å². The second-order valence-corrected chi connectivity index (χ2v) is 7.21. The molecule has 0 aliphatic heterocycles. The van der Waals surface area contributed by atoms with Gasteiger partial charge in [0.25, 0.3) is 5.91 Å². The highest BCUT2D eigenvalue weighted by molar-refractivity contribution is 5.92. The summed E-state index contributed by atoms with van der Waals surface area (Å²) < 4.78 is 40.3. The lowest BCUT2D eigenvalue weighted by Gasteiger charge is -2.15. The molecule has 31 heavy (non-hydrogen) atoms. The first-order chi connectivity index (χ1) is 14.6. The second-order valence-electron chi connectivity index (χ2n) is 7.21. The quantitative estimate of drug-likeness (QED) is 0.672. The molecular weight excluding hydrogens is 409 g/mol. The summed E-state index contributed by atoms with van der Waals surface area (Å²) >= 11 is 0. The SMILES string of the molecule is Cc1cc(=O)c(C(=O)NCc2cccc(N(C)C)c2)nn1-c1cccc(C(F)(F)F)c1. The summed E-state index contributed by atoms with van der Waals surface area (Å²) in [6.07, 6.45) is -4.52. The number of aryl methyl sites for hydroxylation is 1. The Balaban J connectivity index is 1.88. The van der Waals surface area contributed by atoms with Crippen molar-refractivity contribution in [3.8, 4) is 5.69 Å². The Kier molecular flexibility index (Phi) is 6.14. The largest absolute Gasteiger partial charge is 0.416 e. The molecule has 6 nitrogen and oxygen atoms in total. The number of hydrogen-bond donors (Lipinski definition) is 1. The molecule has 1 amide bonds. The zero-order valence-corrected chi connectivity index (χ0v) is 17.2. The minimum Gasteiger partial charge on any atom is -0.378 e. The zero-order valence-electron chi connectivity index (χ0n) is 17.2. The fourth-order valence-electron chi connectivity index (χ4n) is 2.99. The van der Waals surface area contributed by atoms with Crippen LogP contribution in [-0.4, -0.2) is 29.8 Å². The number of halogens is 3. The Morgan fingerprint density at radius 3 is 2.48 bits per heavy atom. The molecule has 9 heteroatoms. The van der Waals surface area contributed by atoms with Gasteiger partial charge >= 0.3 is 6.18 Å². The van der Waals surface area contributed by atoms with Crippen LogP contribution in [-0.2, 0) is 12.7 Å². The molecular formula is C22H21F3N4O2. The van der Waals surface area contributed by atoms with Crippen molar-refractivity contribution in [3.05, 3.63) is 87.3 Å². The maximum Gasteiger partial charge on any atom is 0.416 e.